The molecular formula is C11H21N3O2S. The molecule has 2 atom stereocenters. The van der Waals surface area contributed by atoms with E-state index in [-0.39, 0.29) is 5.25 Å². The summed E-state index contributed by atoms with van der Waals surface area (Å²) in [4.78, 5) is 4.39. The summed E-state index contributed by atoms with van der Waals surface area (Å²) in [5.74, 6) is 0.817. The van der Waals surface area contributed by atoms with Gasteiger partial charge in [0.25, 0.3) is 0 Å². The van der Waals surface area contributed by atoms with Gasteiger partial charge in [-0.1, -0.05) is 0 Å². The highest BCUT2D eigenvalue weighted by molar-refractivity contribution is 7.84. The van der Waals surface area contributed by atoms with E-state index in [0.717, 1.165) is 18.2 Å². The highest BCUT2D eigenvalue weighted by Crippen LogP contribution is 2.10. The Labute approximate surface area is 105 Å². The standard InChI is InChI=1S/C11H21N3O2S/c1-9-7-14(8-10(2)17(4)15)11(13-9)12-5-6-16-3/h7,10H,5-6,8H2,1-4H3,(H,12,13). The van der Waals surface area contributed by atoms with E-state index >= 15 is 0 Å². The second kappa shape index (κ2) is 6.76. The Kier molecular flexibility index (Phi) is 5.64. The molecule has 5 nitrogen and oxygen atoms in total. The van der Waals surface area contributed by atoms with Crippen LogP contribution in [0.4, 0.5) is 5.95 Å². The third kappa shape index (κ3) is 4.47. The van der Waals surface area contributed by atoms with Crippen LogP contribution in [0, 0.1) is 6.92 Å². The van der Waals surface area contributed by atoms with Crippen LogP contribution in [0.3, 0.4) is 0 Å². The Morgan fingerprint density at radius 3 is 2.94 bits per heavy atom. The number of aromatic nitrogens is 2. The molecule has 6 heteroatoms. The smallest absolute Gasteiger partial charge is 0.203 e. The maximum atomic E-state index is 11.4. The van der Waals surface area contributed by atoms with Crippen LogP contribution in [0.2, 0.25) is 0 Å². The van der Waals surface area contributed by atoms with E-state index in [0.29, 0.717) is 13.2 Å². The van der Waals surface area contributed by atoms with Crippen LogP contribution in [0.5, 0.6) is 0 Å². The minimum Gasteiger partial charge on any atom is -0.383 e. The zero-order valence-corrected chi connectivity index (χ0v) is 11.7. The minimum atomic E-state index is -0.818. The van der Waals surface area contributed by atoms with Crippen molar-refractivity contribution < 1.29 is 8.95 Å². The molecule has 0 saturated heterocycles. The number of methoxy groups -OCH3 is 1. The van der Waals surface area contributed by atoms with Gasteiger partial charge in [-0.25, -0.2) is 4.98 Å². The van der Waals surface area contributed by atoms with E-state index in [4.69, 9.17) is 4.74 Å². The van der Waals surface area contributed by atoms with Gasteiger partial charge in [-0.3, -0.25) is 4.21 Å². The lowest BCUT2D eigenvalue weighted by Crippen LogP contribution is -2.19. The number of ether oxygens (including phenoxy) is 1. The summed E-state index contributed by atoms with van der Waals surface area (Å²) in [6.07, 6.45) is 3.70. The average molecular weight is 259 g/mol. The molecule has 0 fully saturated rings. The molecule has 0 radical (unpaired) electrons. The summed E-state index contributed by atoms with van der Waals surface area (Å²) in [5, 5.41) is 3.32. The van der Waals surface area contributed by atoms with Crippen molar-refractivity contribution >= 4 is 16.7 Å². The SMILES string of the molecule is COCCNc1nc(C)cn1CC(C)S(C)=O. The summed E-state index contributed by atoms with van der Waals surface area (Å²) >= 11 is 0. The van der Waals surface area contributed by atoms with Crippen LogP contribution in [-0.4, -0.2) is 45.5 Å². The predicted octanol–water partition coefficient (Wildman–Crippen LogP) is 1.02. The molecule has 1 rings (SSSR count). The monoisotopic (exact) mass is 259 g/mol. The Bertz CT molecular complexity index is 379. The maximum Gasteiger partial charge on any atom is 0.203 e. The molecule has 0 aromatic carbocycles. The van der Waals surface area contributed by atoms with Crippen molar-refractivity contribution in [2.45, 2.75) is 25.6 Å². The van der Waals surface area contributed by atoms with Crippen LogP contribution in [0.15, 0.2) is 6.20 Å². The zero-order valence-electron chi connectivity index (χ0n) is 10.9. The summed E-state index contributed by atoms with van der Waals surface area (Å²) in [5.41, 5.74) is 0.957. The van der Waals surface area contributed by atoms with E-state index in [1.54, 1.807) is 13.4 Å². The maximum absolute atomic E-state index is 11.4. The Hall–Kier alpha value is -0.880. The summed E-state index contributed by atoms with van der Waals surface area (Å²) in [7, 11) is 0.850. The lowest BCUT2D eigenvalue weighted by atomic mass is 10.4. The second-order valence-electron chi connectivity index (χ2n) is 4.09. The molecular weight excluding hydrogens is 238 g/mol. The third-order valence-electron chi connectivity index (χ3n) is 2.51. The van der Waals surface area contributed by atoms with Crippen molar-refractivity contribution in [3.8, 4) is 0 Å². The number of aryl methyl sites for hydroxylation is 1. The average Bonchev–Trinajstić information content (AvgIpc) is 2.59. The van der Waals surface area contributed by atoms with Gasteiger partial charge in [0.05, 0.1) is 12.3 Å². The lowest BCUT2D eigenvalue weighted by molar-refractivity contribution is 0.210. The van der Waals surface area contributed by atoms with Gasteiger partial charge in [0.2, 0.25) is 5.95 Å². The number of nitrogens with zero attached hydrogens (tertiary/aromatic N) is 2. The molecule has 2 unspecified atom stereocenters. The summed E-state index contributed by atoms with van der Waals surface area (Å²) < 4.78 is 18.4. The number of hydrogen-bond acceptors (Lipinski definition) is 4. The van der Waals surface area contributed by atoms with Crippen LogP contribution in [0.25, 0.3) is 0 Å². The molecule has 0 amide bonds. The number of imidazole rings is 1. The van der Waals surface area contributed by atoms with Crippen molar-refractivity contribution in [3.63, 3.8) is 0 Å². The van der Waals surface area contributed by atoms with Gasteiger partial charge >= 0.3 is 0 Å². The van der Waals surface area contributed by atoms with Gasteiger partial charge in [-0.15, -0.1) is 0 Å². The van der Waals surface area contributed by atoms with Crippen LogP contribution in [-0.2, 0) is 22.1 Å². The topological polar surface area (TPSA) is 56.1 Å². The molecule has 0 aliphatic rings. The number of rotatable bonds is 7. The predicted molar refractivity (Wildman–Crippen MR) is 70.9 cm³/mol. The normalized spacial score (nSPS) is 14.6. The lowest BCUT2D eigenvalue weighted by Gasteiger charge is -2.12. The van der Waals surface area contributed by atoms with Gasteiger partial charge in [-0.2, -0.15) is 0 Å². The first kappa shape index (κ1) is 14.2. The first-order chi connectivity index (χ1) is 8.04. The highest BCUT2D eigenvalue weighted by Gasteiger charge is 2.11. The highest BCUT2D eigenvalue weighted by atomic mass is 32.2. The largest absolute Gasteiger partial charge is 0.383 e. The quantitative estimate of drug-likeness (QED) is 0.743. The second-order valence-corrected chi connectivity index (χ2v) is 5.89. The van der Waals surface area contributed by atoms with Crippen molar-refractivity contribution in [2.75, 3.05) is 31.8 Å². The van der Waals surface area contributed by atoms with Gasteiger partial charge in [0.1, 0.15) is 0 Å². The molecule has 0 saturated carbocycles. The fourth-order valence-electron chi connectivity index (χ4n) is 1.47. The molecule has 0 aliphatic heterocycles. The van der Waals surface area contributed by atoms with E-state index < -0.39 is 10.8 Å². The van der Waals surface area contributed by atoms with E-state index in [9.17, 15) is 4.21 Å². The minimum absolute atomic E-state index is 0.117. The van der Waals surface area contributed by atoms with Gasteiger partial charge in [-0.05, 0) is 13.8 Å². The van der Waals surface area contributed by atoms with Crippen molar-refractivity contribution in [1.82, 2.24) is 9.55 Å². The van der Waals surface area contributed by atoms with Crippen molar-refractivity contribution in [2.24, 2.45) is 0 Å². The molecule has 1 aromatic rings. The van der Waals surface area contributed by atoms with Gasteiger partial charge in [0, 0.05) is 48.7 Å². The Morgan fingerprint density at radius 2 is 2.35 bits per heavy atom. The van der Waals surface area contributed by atoms with Crippen molar-refractivity contribution in [3.05, 3.63) is 11.9 Å². The number of nitrogens with one attached hydrogen (secondary N) is 1. The molecule has 1 N–H and O–H groups in total. The van der Waals surface area contributed by atoms with Crippen LogP contribution >= 0.6 is 0 Å². The fourth-order valence-corrected chi connectivity index (χ4v) is 1.84. The molecule has 17 heavy (non-hydrogen) atoms. The van der Waals surface area contributed by atoms with Crippen LogP contribution in [0.1, 0.15) is 12.6 Å². The first-order valence-electron chi connectivity index (χ1n) is 5.63. The molecule has 1 aromatic heterocycles. The zero-order chi connectivity index (χ0) is 12.8. The molecule has 98 valence electrons. The van der Waals surface area contributed by atoms with E-state index in [1.165, 1.54) is 0 Å². The molecule has 1 heterocycles. The summed E-state index contributed by atoms with van der Waals surface area (Å²) in [6, 6.07) is 0. The number of hydrogen-bond donors (Lipinski definition) is 1. The Morgan fingerprint density at radius 1 is 1.65 bits per heavy atom. The first-order valence-corrected chi connectivity index (χ1v) is 7.25. The third-order valence-corrected chi connectivity index (χ3v) is 3.79. The van der Waals surface area contributed by atoms with E-state index in [1.807, 2.05) is 24.6 Å². The molecule has 0 spiro atoms. The number of anilines is 1. The Balaban J connectivity index is 2.66. The van der Waals surface area contributed by atoms with Crippen LogP contribution < -0.4 is 5.32 Å². The van der Waals surface area contributed by atoms with E-state index in [2.05, 4.69) is 10.3 Å². The molecule has 0 bridgehead atoms. The molecule has 0 aliphatic carbocycles. The summed E-state index contributed by atoms with van der Waals surface area (Å²) in [6.45, 7) is 5.99. The fraction of sp³-hybridized carbons (Fsp3) is 0.727. The van der Waals surface area contributed by atoms with Crippen molar-refractivity contribution in [1.29, 1.82) is 0 Å². The van der Waals surface area contributed by atoms with Gasteiger partial charge in [0.15, 0.2) is 0 Å². The van der Waals surface area contributed by atoms with Gasteiger partial charge < -0.3 is 14.6 Å².